The number of thioether (sulfide) groups is 2. The molecule has 14 bridgehead atoms. The molecule has 22 fully saturated rings. The summed E-state index contributed by atoms with van der Waals surface area (Å²) < 4.78 is 150. The smallest absolute Gasteiger partial charge is 0.454 e. The number of aliphatic hydroxyl groups excluding tert-OH is 20. The topological polar surface area (TPSA) is 753 Å². The Morgan fingerprint density at radius 2 is 0.877 bits per heavy atom. The third-order valence-corrected chi connectivity index (χ3v) is 24.6. The summed E-state index contributed by atoms with van der Waals surface area (Å²) in [7, 11) is -5.28. The van der Waals surface area contributed by atoms with Gasteiger partial charge < -0.3 is 204 Å². The first-order chi connectivity index (χ1) is 57.7. The largest absolute Gasteiger partial charge is 0.475 e. The number of rotatable bonds is 28. The molecule has 1 amide bonds. The average molecular weight is 1840 g/mol. The van der Waals surface area contributed by atoms with Crippen LogP contribution >= 0.6 is 31.3 Å². The summed E-state index contributed by atoms with van der Waals surface area (Å²) in [6.07, 6.45) is -78.3. The van der Waals surface area contributed by atoms with Crippen LogP contribution in [0.2, 0.25) is 0 Å². The van der Waals surface area contributed by atoms with Gasteiger partial charge in [-0.3, -0.25) is 18.7 Å². The number of halogens is 2. The van der Waals surface area contributed by atoms with Crippen molar-refractivity contribution in [2.24, 2.45) is 0 Å². The molecule has 0 aliphatic carbocycles. The maximum absolute atomic E-state index is 15.0. The van der Waals surface area contributed by atoms with Crippen LogP contribution in [0.4, 0.5) is 14.6 Å². The molecule has 22 saturated heterocycles. The van der Waals surface area contributed by atoms with E-state index in [1.165, 1.54) is 11.8 Å². The van der Waals surface area contributed by atoms with E-state index < -0.39 is 354 Å². The summed E-state index contributed by atoms with van der Waals surface area (Å²) in [6, 6.07) is -0.244. The van der Waals surface area contributed by atoms with Crippen molar-refractivity contribution < 1.29 is 224 Å². The maximum Gasteiger partial charge on any atom is 0.475 e. The Kier molecular flexibility index (Phi) is 36.1. The van der Waals surface area contributed by atoms with Gasteiger partial charge in [0.15, 0.2) is 56.7 Å². The molecule has 25 N–H and O–H groups in total. The number of nitrogens with zero attached hydrogens (tertiary/aromatic N) is 2. The molecule has 23 heterocycles. The predicted molar refractivity (Wildman–Crippen MR) is 390 cm³/mol. The molecule has 0 radical (unpaired) electrons. The number of aromatic nitrogens is 2. The van der Waals surface area contributed by atoms with E-state index in [-0.39, 0.29) is 17.3 Å². The number of aliphatic hydroxyl groups is 20. The first kappa shape index (κ1) is 100. The summed E-state index contributed by atoms with van der Waals surface area (Å²) in [5, 5.41) is 234. The standard InChI is InChI=1S/C67H108F2N5O45PS2/c1-5-66(3,4)73-22(56(97)71-9-7-32(80)101-17-33(81)102-21-104-120(99,100)103-16-28-55(96)67(68,69)64(112-28)74-10-8-31(70)72-65(74)98)18-122-20-30-54-40(88)47(95)63(111-30)117-52-27(15-79)107-58(43(91)36(52)84)113-48-23(11-75)105-57(41(89)34(48)82)114-49-24(12-76)108-60(44(92)37(49)85)118-53-29(19-121-6-2)110-62(46(94)39(53)87)116-51-26(14-78)106-59(42(90)35(51)83)115-50-25(13-77)109-61(119-54)45(93)38(50)86/h8,10,22-30,34-55,57-64,73,75-79,82-96H,5-7,9,11-21H2,1-4H3,(H,71,97)(H,99,100)(H2,70,72,98)/t22-,23?,24?,25?,26?,27?,28-,29?,30?,34?,35-,36?,37-,38-,39-,40-,41+,42?,43+,44?,45?,46?,47?,48-,49-,50-,51-,52-,53-,54-,55-,57-,58-,59+,60-,61?,62-,63?,64-/m1/s1. The summed E-state index contributed by atoms with van der Waals surface area (Å²) >= 11 is 2.06. The Balaban J connectivity index is 0.836. The zero-order valence-corrected chi connectivity index (χ0v) is 68.0. The van der Waals surface area contributed by atoms with Crippen LogP contribution in [0.3, 0.4) is 0 Å². The van der Waals surface area contributed by atoms with Gasteiger partial charge in [-0.15, -0.1) is 0 Å². The molecule has 17 unspecified atom stereocenters. The van der Waals surface area contributed by atoms with E-state index in [4.69, 9.17) is 81.5 Å². The van der Waals surface area contributed by atoms with Gasteiger partial charge in [-0.1, -0.05) is 13.8 Å². The van der Waals surface area contributed by atoms with Gasteiger partial charge in [0.1, 0.15) is 171 Å². The number of phosphoric ester groups is 1. The minimum Gasteiger partial charge on any atom is -0.454 e. The molecular formula is C67H108F2N5O45PS2. The fourth-order valence-corrected chi connectivity index (χ4v) is 16.9. The number of alkyl halides is 2. The van der Waals surface area contributed by atoms with Crippen LogP contribution in [-0.2, 0) is 109 Å². The van der Waals surface area contributed by atoms with E-state index in [0.717, 1.165) is 24.0 Å². The van der Waals surface area contributed by atoms with E-state index in [0.29, 0.717) is 16.7 Å². The van der Waals surface area contributed by atoms with Crippen LogP contribution in [0.15, 0.2) is 17.1 Å². The molecule has 23 rings (SSSR count). The van der Waals surface area contributed by atoms with Gasteiger partial charge in [-0.05, 0) is 32.1 Å². The number of nitrogen functional groups attached to an aromatic ring is 1. The minimum atomic E-state index is -5.28. The molecule has 702 valence electrons. The minimum absolute atomic E-state index is 0.0912. The third-order valence-electron chi connectivity index (χ3n) is 21.5. The number of carbonyl (C=O) groups is 3. The number of nitrogens with one attached hydrogen (secondary N) is 2. The SMILES string of the molecule is CCSCC1O[C@@H]2O[C@@H]3C(CO)O[C@@H](O[C@@H]4C(CO)OC(O[C@@H]5C(CSC[C@@H](NC(C)(C)CC)C(=O)NCCC(=O)OCC(=O)OCOP(=O)(O)OC[C@H]6O[C@@H](n7ccc(N)nc7=O)C(F)(F)[C@@H]6O)OC(O[C@@H]6C(CO)O[C@H](O[C@@H]7C(CO)O[C@H](O[C@@H]8C(CO)O[C@H](O[C@H]1[C@H](O)C2O)C(O)[C@H]8O)[C@@H](O)C7O)[C@@H](O)C6O)C(O)[C@H]5O)C(O)[C@H]4O)C(O)[C@H]3O. The van der Waals surface area contributed by atoms with Gasteiger partial charge in [-0.25, -0.2) is 18.7 Å². The van der Waals surface area contributed by atoms with Crippen LogP contribution in [0, 0.1) is 0 Å². The first-order valence-electron chi connectivity index (χ1n) is 38.6. The van der Waals surface area contributed by atoms with Gasteiger partial charge in [0.25, 0.3) is 0 Å². The molecule has 1 aromatic heterocycles. The number of carbonyl (C=O) groups excluding carboxylic acids is 3. The fourth-order valence-electron chi connectivity index (χ4n) is 14.4. The number of anilines is 1. The van der Waals surface area contributed by atoms with Gasteiger partial charge in [0.2, 0.25) is 18.9 Å². The molecule has 55 heteroatoms. The van der Waals surface area contributed by atoms with E-state index in [1.54, 1.807) is 27.7 Å². The normalized spacial score (nSPS) is 43.0. The highest BCUT2D eigenvalue weighted by Gasteiger charge is 2.63. The van der Waals surface area contributed by atoms with Crippen LogP contribution in [0.5, 0.6) is 0 Å². The van der Waals surface area contributed by atoms with E-state index in [9.17, 15) is 140 Å². The Morgan fingerprint density at radius 3 is 1.22 bits per heavy atom. The lowest BCUT2D eigenvalue weighted by molar-refractivity contribution is -0.395. The van der Waals surface area contributed by atoms with Crippen LogP contribution in [-0.4, -0.2) is 462 Å². The number of hydrogen-bond acceptors (Lipinski definition) is 49. The Bertz CT molecular complexity index is 3610. The van der Waals surface area contributed by atoms with Crippen molar-refractivity contribution in [3.8, 4) is 0 Å². The molecule has 22 aliphatic rings. The van der Waals surface area contributed by atoms with Crippen LogP contribution < -0.4 is 22.1 Å². The summed E-state index contributed by atoms with van der Waals surface area (Å²) in [5.74, 6) is -8.17. The summed E-state index contributed by atoms with van der Waals surface area (Å²) in [6.45, 7) is -2.75. The Labute approximate surface area is 699 Å². The second-order valence-electron chi connectivity index (χ2n) is 30.3. The molecular weight excluding hydrogens is 1730 g/mol. The van der Waals surface area contributed by atoms with Gasteiger partial charge >= 0.3 is 31.4 Å². The molecule has 122 heavy (non-hydrogen) atoms. The molecule has 22 aliphatic heterocycles. The van der Waals surface area contributed by atoms with Crippen molar-refractivity contribution in [1.82, 2.24) is 20.2 Å². The Morgan fingerprint density at radius 1 is 0.525 bits per heavy atom. The molecule has 0 aromatic carbocycles. The second-order valence-corrected chi connectivity index (χ2v) is 34.2. The van der Waals surface area contributed by atoms with Crippen molar-refractivity contribution in [3.05, 3.63) is 22.7 Å². The van der Waals surface area contributed by atoms with Crippen LogP contribution in [0.25, 0.3) is 0 Å². The quantitative estimate of drug-likeness (QED) is 0.0210. The number of ether oxygens (including phenoxy) is 17. The highest BCUT2D eigenvalue weighted by Crippen LogP contribution is 2.48. The molecule has 0 saturated carbocycles. The lowest BCUT2D eigenvalue weighted by atomic mass is 9.95. The van der Waals surface area contributed by atoms with Gasteiger partial charge in [-0.2, -0.15) is 37.3 Å². The Hall–Kier alpha value is -3.68. The fraction of sp³-hybridized carbons (Fsp3) is 0.896. The summed E-state index contributed by atoms with van der Waals surface area (Å²) in [4.78, 5) is 65.0. The first-order valence-corrected chi connectivity index (χ1v) is 42.4. The maximum atomic E-state index is 15.0. The van der Waals surface area contributed by atoms with E-state index in [1.807, 2.05) is 0 Å². The van der Waals surface area contributed by atoms with Crippen molar-refractivity contribution >= 4 is 55.0 Å². The number of hydrogen-bond donors (Lipinski definition) is 24. The summed E-state index contributed by atoms with van der Waals surface area (Å²) in [5.41, 5.74) is 3.28. The molecule has 1 aromatic rings. The lowest BCUT2D eigenvalue weighted by Crippen LogP contribution is -2.68. The van der Waals surface area contributed by atoms with Crippen LogP contribution in [0.1, 0.15) is 46.8 Å². The molecule has 0 spiro atoms. The second kappa shape index (κ2) is 43.8. The van der Waals surface area contributed by atoms with Crippen molar-refractivity contribution in [3.63, 3.8) is 0 Å². The molecule has 50 nitrogen and oxygen atoms in total. The van der Waals surface area contributed by atoms with E-state index >= 15 is 0 Å². The zero-order chi connectivity index (χ0) is 89.5. The average Bonchev–Trinajstić information content (AvgIpc) is 1.14. The zero-order valence-electron chi connectivity index (χ0n) is 65.5. The van der Waals surface area contributed by atoms with Crippen molar-refractivity contribution in [2.45, 2.75) is 291 Å². The number of esters is 2. The number of amides is 1. The van der Waals surface area contributed by atoms with E-state index in [2.05, 4.69) is 29.4 Å². The van der Waals surface area contributed by atoms with Gasteiger partial charge in [0.05, 0.1) is 64.3 Å². The highest BCUT2D eigenvalue weighted by molar-refractivity contribution is 7.99. The lowest BCUT2D eigenvalue weighted by Gasteiger charge is -2.50. The third kappa shape index (κ3) is 23.4. The number of nitrogens with two attached hydrogens (primary N) is 1. The van der Waals surface area contributed by atoms with Gasteiger partial charge in [0, 0.05) is 35.5 Å². The molecule has 40 atom stereocenters. The van der Waals surface area contributed by atoms with Crippen molar-refractivity contribution in [2.75, 3.05) is 88.3 Å². The number of phosphoric acid groups is 1. The highest BCUT2D eigenvalue weighted by atomic mass is 32.2. The van der Waals surface area contributed by atoms with Crippen molar-refractivity contribution in [1.29, 1.82) is 0 Å². The monoisotopic (exact) mass is 1840 g/mol. The predicted octanol–water partition coefficient (Wildman–Crippen LogP) is -13.2.